The summed E-state index contributed by atoms with van der Waals surface area (Å²) in [5, 5.41) is 3.28. The third kappa shape index (κ3) is 2.71. The lowest BCUT2D eigenvalue weighted by Crippen LogP contribution is -2.47. The molecular formula is C12H22N2O3S. The third-order valence-corrected chi connectivity index (χ3v) is 6.29. The first kappa shape index (κ1) is 12.8. The molecule has 0 aromatic rings. The van der Waals surface area contributed by atoms with Crippen LogP contribution in [0, 0.1) is 5.92 Å². The van der Waals surface area contributed by atoms with Gasteiger partial charge in [0.1, 0.15) is 0 Å². The topological polar surface area (TPSA) is 58.6 Å². The van der Waals surface area contributed by atoms with Crippen LogP contribution in [-0.4, -0.2) is 56.9 Å². The van der Waals surface area contributed by atoms with Crippen molar-refractivity contribution in [1.82, 2.24) is 9.62 Å². The Morgan fingerprint density at radius 1 is 1.06 bits per heavy atom. The van der Waals surface area contributed by atoms with Gasteiger partial charge in [0, 0.05) is 13.1 Å². The summed E-state index contributed by atoms with van der Waals surface area (Å²) in [6.07, 6.45) is 4.29. The lowest BCUT2D eigenvalue weighted by atomic mass is 10.0. The van der Waals surface area contributed by atoms with E-state index in [1.807, 2.05) is 0 Å². The van der Waals surface area contributed by atoms with Crippen LogP contribution in [0.1, 0.15) is 25.7 Å². The highest BCUT2D eigenvalue weighted by Crippen LogP contribution is 2.28. The highest BCUT2D eigenvalue weighted by atomic mass is 32.2. The minimum absolute atomic E-state index is 0.145. The van der Waals surface area contributed by atoms with E-state index < -0.39 is 10.0 Å². The van der Waals surface area contributed by atoms with Crippen molar-refractivity contribution < 1.29 is 13.2 Å². The van der Waals surface area contributed by atoms with Gasteiger partial charge in [0.05, 0.1) is 18.0 Å². The molecule has 3 aliphatic heterocycles. The van der Waals surface area contributed by atoms with Gasteiger partial charge >= 0.3 is 0 Å². The van der Waals surface area contributed by atoms with E-state index in [-0.39, 0.29) is 12.2 Å². The van der Waals surface area contributed by atoms with Crippen LogP contribution in [0.25, 0.3) is 0 Å². The molecule has 3 fully saturated rings. The van der Waals surface area contributed by atoms with Gasteiger partial charge < -0.3 is 10.1 Å². The molecular weight excluding hydrogens is 252 g/mol. The Balaban J connectivity index is 1.62. The highest BCUT2D eigenvalue weighted by molar-refractivity contribution is 7.89. The zero-order valence-electron chi connectivity index (χ0n) is 10.7. The molecule has 0 aromatic carbocycles. The van der Waals surface area contributed by atoms with E-state index in [1.54, 1.807) is 4.31 Å². The largest absolute Gasteiger partial charge is 0.372 e. The second-order valence-electron chi connectivity index (χ2n) is 5.75. The van der Waals surface area contributed by atoms with Crippen LogP contribution >= 0.6 is 0 Å². The third-order valence-electron chi connectivity index (χ3n) is 4.31. The van der Waals surface area contributed by atoms with Gasteiger partial charge in [0.15, 0.2) is 0 Å². The number of hydrogen-bond acceptors (Lipinski definition) is 4. The fourth-order valence-electron chi connectivity index (χ4n) is 3.26. The lowest BCUT2D eigenvalue weighted by molar-refractivity contribution is -0.0115. The molecule has 104 valence electrons. The van der Waals surface area contributed by atoms with Gasteiger partial charge in [-0.15, -0.1) is 0 Å². The van der Waals surface area contributed by atoms with Gasteiger partial charge in [-0.05, 0) is 44.7 Å². The molecule has 0 saturated carbocycles. The number of fused-ring (bicyclic) bond motifs is 2. The summed E-state index contributed by atoms with van der Waals surface area (Å²) in [7, 11) is -3.08. The van der Waals surface area contributed by atoms with Crippen molar-refractivity contribution >= 4 is 10.0 Å². The first-order valence-electron chi connectivity index (χ1n) is 6.97. The first-order valence-corrected chi connectivity index (χ1v) is 8.58. The maximum Gasteiger partial charge on any atom is 0.214 e. The Labute approximate surface area is 109 Å². The molecule has 0 aromatic heterocycles. The molecule has 2 bridgehead atoms. The Morgan fingerprint density at radius 3 is 2.28 bits per heavy atom. The smallest absolute Gasteiger partial charge is 0.214 e. The summed E-state index contributed by atoms with van der Waals surface area (Å²) < 4.78 is 32.2. The fourth-order valence-corrected chi connectivity index (χ4v) is 5.18. The van der Waals surface area contributed by atoms with Gasteiger partial charge in [-0.2, -0.15) is 4.31 Å². The summed E-state index contributed by atoms with van der Waals surface area (Å²) >= 11 is 0. The molecule has 3 rings (SSSR count). The van der Waals surface area contributed by atoms with Crippen LogP contribution in [0.15, 0.2) is 0 Å². The molecule has 3 heterocycles. The maximum absolute atomic E-state index is 12.4. The molecule has 0 spiro atoms. The molecule has 5 nitrogen and oxygen atoms in total. The predicted molar refractivity (Wildman–Crippen MR) is 68.8 cm³/mol. The first-order chi connectivity index (χ1) is 8.63. The van der Waals surface area contributed by atoms with E-state index in [9.17, 15) is 8.42 Å². The fraction of sp³-hybridized carbons (Fsp3) is 1.00. The zero-order chi connectivity index (χ0) is 12.6. The molecule has 6 heteroatoms. The molecule has 0 amide bonds. The minimum atomic E-state index is -3.08. The number of hydrogen-bond donors (Lipinski definition) is 1. The molecule has 2 unspecified atom stereocenters. The Morgan fingerprint density at radius 2 is 1.67 bits per heavy atom. The summed E-state index contributed by atoms with van der Waals surface area (Å²) in [5.41, 5.74) is 0. The Kier molecular flexibility index (Phi) is 3.62. The van der Waals surface area contributed by atoms with Crippen LogP contribution in [0.2, 0.25) is 0 Å². The van der Waals surface area contributed by atoms with Crippen molar-refractivity contribution in [3.8, 4) is 0 Å². The van der Waals surface area contributed by atoms with E-state index >= 15 is 0 Å². The highest BCUT2D eigenvalue weighted by Gasteiger charge is 2.39. The van der Waals surface area contributed by atoms with Crippen LogP contribution in [0.4, 0.5) is 0 Å². The molecule has 3 saturated heterocycles. The van der Waals surface area contributed by atoms with E-state index in [1.165, 1.54) is 0 Å². The minimum Gasteiger partial charge on any atom is -0.372 e. The second-order valence-corrected chi connectivity index (χ2v) is 7.76. The molecule has 18 heavy (non-hydrogen) atoms. The molecule has 1 N–H and O–H groups in total. The van der Waals surface area contributed by atoms with Gasteiger partial charge in [0.2, 0.25) is 10.0 Å². The monoisotopic (exact) mass is 274 g/mol. The van der Waals surface area contributed by atoms with E-state index in [2.05, 4.69) is 5.32 Å². The number of nitrogens with zero attached hydrogens (tertiary/aromatic N) is 1. The molecule has 2 atom stereocenters. The summed E-state index contributed by atoms with van der Waals surface area (Å²) in [5.74, 6) is 0.658. The van der Waals surface area contributed by atoms with Crippen molar-refractivity contribution in [3.63, 3.8) is 0 Å². The summed E-state index contributed by atoms with van der Waals surface area (Å²) in [4.78, 5) is 0. The van der Waals surface area contributed by atoms with Crippen LogP contribution in [-0.2, 0) is 14.8 Å². The number of morpholine rings is 1. The van der Waals surface area contributed by atoms with E-state index in [0.717, 1.165) is 38.8 Å². The van der Waals surface area contributed by atoms with Crippen molar-refractivity contribution in [3.05, 3.63) is 0 Å². The maximum atomic E-state index is 12.4. The number of piperidine rings is 1. The van der Waals surface area contributed by atoms with Crippen LogP contribution in [0.5, 0.6) is 0 Å². The van der Waals surface area contributed by atoms with E-state index in [0.29, 0.717) is 24.8 Å². The Bertz CT molecular complexity index is 380. The molecule has 0 aliphatic carbocycles. The van der Waals surface area contributed by atoms with Gasteiger partial charge in [-0.1, -0.05) is 0 Å². The quantitative estimate of drug-likeness (QED) is 0.797. The van der Waals surface area contributed by atoms with Crippen molar-refractivity contribution in [2.75, 3.05) is 31.9 Å². The van der Waals surface area contributed by atoms with Gasteiger partial charge in [-0.25, -0.2) is 8.42 Å². The number of rotatable bonds is 3. The standard InChI is InChI=1S/C12H22N2O3S/c15-18(16,9-10-3-5-13-6-4-10)14-7-11-1-2-12(8-14)17-11/h10-13H,1-9H2. The zero-order valence-corrected chi connectivity index (χ0v) is 11.5. The normalized spacial score (nSPS) is 34.9. The van der Waals surface area contributed by atoms with Crippen molar-refractivity contribution in [2.45, 2.75) is 37.9 Å². The summed E-state index contributed by atoms with van der Waals surface area (Å²) in [6, 6.07) is 0. The number of sulfonamides is 1. The number of ether oxygens (including phenoxy) is 1. The molecule has 3 aliphatic rings. The van der Waals surface area contributed by atoms with Gasteiger partial charge in [0.25, 0.3) is 0 Å². The van der Waals surface area contributed by atoms with Crippen LogP contribution < -0.4 is 5.32 Å². The van der Waals surface area contributed by atoms with Crippen LogP contribution in [0.3, 0.4) is 0 Å². The van der Waals surface area contributed by atoms with Crippen molar-refractivity contribution in [2.24, 2.45) is 5.92 Å². The second kappa shape index (κ2) is 5.07. The average Bonchev–Trinajstić information content (AvgIpc) is 2.69. The lowest BCUT2D eigenvalue weighted by Gasteiger charge is -2.33. The predicted octanol–water partition coefficient (Wildman–Crippen LogP) is 0.179. The van der Waals surface area contributed by atoms with Crippen molar-refractivity contribution in [1.29, 1.82) is 0 Å². The summed E-state index contributed by atoms with van der Waals surface area (Å²) in [6.45, 7) is 3.05. The molecule has 0 radical (unpaired) electrons. The SMILES string of the molecule is O=S(=O)(CC1CCNCC1)N1CC2CCC(C1)O2. The average molecular weight is 274 g/mol. The number of nitrogens with one attached hydrogen (secondary N) is 1. The van der Waals surface area contributed by atoms with Gasteiger partial charge in [-0.3, -0.25) is 0 Å². The van der Waals surface area contributed by atoms with E-state index in [4.69, 9.17) is 4.74 Å². The Hall–Kier alpha value is -0.170.